The fraction of sp³-hybridized carbons (Fsp3) is 0.923. The Morgan fingerprint density at radius 2 is 2.17 bits per heavy atom. The Hall–Kier alpha value is -0.650. The first-order valence-electron chi connectivity index (χ1n) is 6.47. The minimum absolute atomic E-state index is 0.00622. The van der Waals surface area contributed by atoms with Crippen molar-refractivity contribution in [3.63, 3.8) is 0 Å². The van der Waals surface area contributed by atoms with Crippen molar-refractivity contribution in [2.24, 2.45) is 5.41 Å². The molecule has 1 atom stereocenters. The van der Waals surface area contributed by atoms with Crippen LogP contribution >= 0.6 is 0 Å². The van der Waals surface area contributed by atoms with E-state index in [1.807, 2.05) is 0 Å². The van der Waals surface area contributed by atoms with Crippen molar-refractivity contribution in [1.82, 2.24) is 4.90 Å². The Morgan fingerprint density at radius 1 is 1.44 bits per heavy atom. The Bertz CT molecular complexity index is 268. The van der Waals surface area contributed by atoms with Gasteiger partial charge in [-0.05, 0) is 18.3 Å². The number of carbonyl (C=O) groups excluding carboxylic acids is 1. The van der Waals surface area contributed by atoms with E-state index in [2.05, 4.69) is 13.8 Å². The van der Waals surface area contributed by atoms with E-state index < -0.39 is 0 Å². The van der Waals surface area contributed by atoms with Gasteiger partial charge in [0.15, 0.2) is 0 Å². The van der Waals surface area contributed by atoms with Crippen LogP contribution in [0.25, 0.3) is 0 Å². The van der Waals surface area contributed by atoms with Crippen molar-refractivity contribution < 1.29 is 19.4 Å². The summed E-state index contributed by atoms with van der Waals surface area (Å²) in [6, 6.07) is 0. The molecule has 106 valence electrons. The highest BCUT2D eigenvalue weighted by Gasteiger charge is 2.31. The number of ether oxygens (including phenoxy) is 2. The summed E-state index contributed by atoms with van der Waals surface area (Å²) in [6.45, 7) is 6.46. The average molecular weight is 259 g/mol. The number of likely N-dealkylation sites (tertiary alicyclic amines) is 1. The molecule has 1 heterocycles. The molecule has 1 N–H and O–H groups in total. The topological polar surface area (TPSA) is 59.0 Å². The zero-order chi connectivity index (χ0) is 13.6. The van der Waals surface area contributed by atoms with Gasteiger partial charge in [-0.1, -0.05) is 13.8 Å². The first kappa shape index (κ1) is 15.4. The monoisotopic (exact) mass is 259 g/mol. The molecular weight excluding hydrogens is 234 g/mol. The summed E-state index contributed by atoms with van der Waals surface area (Å²) in [5.74, 6) is -0.00622. The van der Waals surface area contributed by atoms with E-state index in [1.165, 1.54) is 0 Å². The second-order valence-electron chi connectivity index (χ2n) is 5.67. The summed E-state index contributed by atoms with van der Waals surface area (Å²) in [7, 11) is 1.60. The third-order valence-electron chi connectivity index (χ3n) is 3.15. The quantitative estimate of drug-likeness (QED) is 0.737. The van der Waals surface area contributed by atoms with Gasteiger partial charge in [-0.25, -0.2) is 0 Å². The SMILES string of the molecule is COCCOCC(=O)N1CC[C@H](O)CC(C)(C)C1. The molecule has 1 rings (SSSR count). The number of amides is 1. The van der Waals surface area contributed by atoms with E-state index in [4.69, 9.17) is 9.47 Å². The highest BCUT2D eigenvalue weighted by atomic mass is 16.5. The predicted molar refractivity (Wildman–Crippen MR) is 68.3 cm³/mol. The largest absolute Gasteiger partial charge is 0.393 e. The second kappa shape index (κ2) is 7.07. The van der Waals surface area contributed by atoms with Gasteiger partial charge in [-0.15, -0.1) is 0 Å². The van der Waals surface area contributed by atoms with E-state index in [-0.39, 0.29) is 24.0 Å². The number of rotatable bonds is 5. The summed E-state index contributed by atoms with van der Waals surface area (Å²) in [5.41, 5.74) is -0.0435. The molecule has 5 nitrogen and oxygen atoms in total. The number of hydrogen-bond acceptors (Lipinski definition) is 4. The molecule has 0 aromatic carbocycles. The van der Waals surface area contributed by atoms with Gasteiger partial charge in [0.2, 0.25) is 5.91 Å². The van der Waals surface area contributed by atoms with Gasteiger partial charge in [0, 0.05) is 20.2 Å². The summed E-state index contributed by atoms with van der Waals surface area (Å²) in [4.78, 5) is 13.8. The fourth-order valence-corrected chi connectivity index (χ4v) is 2.31. The fourth-order valence-electron chi connectivity index (χ4n) is 2.31. The van der Waals surface area contributed by atoms with Gasteiger partial charge in [0.25, 0.3) is 0 Å². The molecule has 1 aliphatic heterocycles. The first-order valence-corrected chi connectivity index (χ1v) is 6.47. The van der Waals surface area contributed by atoms with E-state index in [0.717, 1.165) is 6.42 Å². The van der Waals surface area contributed by atoms with E-state index in [9.17, 15) is 9.90 Å². The van der Waals surface area contributed by atoms with Crippen molar-refractivity contribution in [2.45, 2.75) is 32.8 Å². The molecule has 0 aromatic heterocycles. The average Bonchev–Trinajstić information content (AvgIpc) is 2.42. The van der Waals surface area contributed by atoms with Crippen molar-refractivity contribution in [1.29, 1.82) is 0 Å². The number of hydrogen-bond donors (Lipinski definition) is 1. The van der Waals surface area contributed by atoms with Crippen LogP contribution in [-0.2, 0) is 14.3 Å². The summed E-state index contributed by atoms with van der Waals surface area (Å²) in [6.07, 6.45) is 1.07. The molecule has 1 saturated heterocycles. The molecule has 0 spiro atoms. The van der Waals surface area contributed by atoms with Gasteiger partial charge in [0.1, 0.15) is 6.61 Å². The molecule has 0 unspecified atom stereocenters. The van der Waals surface area contributed by atoms with Crippen LogP contribution in [0.5, 0.6) is 0 Å². The Kier molecular flexibility index (Phi) is 6.05. The zero-order valence-electron chi connectivity index (χ0n) is 11.6. The Labute approximate surface area is 109 Å². The Balaban J connectivity index is 2.41. The van der Waals surface area contributed by atoms with E-state index >= 15 is 0 Å². The van der Waals surface area contributed by atoms with Crippen molar-refractivity contribution in [3.8, 4) is 0 Å². The van der Waals surface area contributed by atoms with Crippen molar-refractivity contribution >= 4 is 5.91 Å². The maximum absolute atomic E-state index is 12.0. The molecule has 0 aromatic rings. The van der Waals surface area contributed by atoms with Crippen molar-refractivity contribution in [3.05, 3.63) is 0 Å². The number of aliphatic hydroxyl groups is 1. The lowest BCUT2D eigenvalue weighted by Crippen LogP contribution is -2.39. The van der Waals surface area contributed by atoms with Crippen LogP contribution in [0.2, 0.25) is 0 Å². The van der Waals surface area contributed by atoms with Crippen LogP contribution in [0, 0.1) is 5.41 Å². The summed E-state index contributed by atoms with van der Waals surface area (Å²) >= 11 is 0. The third-order valence-corrected chi connectivity index (χ3v) is 3.15. The van der Waals surface area contributed by atoms with Crippen LogP contribution in [0.1, 0.15) is 26.7 Å². The van der Waals surface area contributed by atoms with Gasteiger partial charge in [-0.3, -0.25) is 4.79 Å². The zero-order valence-corrected chi connectivity index (χ0v) is 11.6. The number of methoxy groups -OCH3 is 1. The highest BCUT2D eigenvalue weighted by Crippen LogP contribution is 2.28. The standard InChI is InChI=1S/C13H25NO4/c1-13(2)8-11(15)4-5-14(10-13)12(16)9-18-7-6-17-3/h11,15H,4-10H2,1-3H3/t11-/m0/s1. The molecule has 0 aliphatic carbocycles. The maximum Gasteiger partial charge on any atom is 0.248 e. The minimum atomic E-state index is -0.313. The number of nitrogens with zero attached hydrogens (tertiary/aromatic N) is 1. The van der Waals surface area contributed by atoms with Crippen molar-refractivity contribution in [2.75, 3.05) is 40.0 Å². The molecule has 0 bridgehead atoms. The molecular formula is C13H25NO4. The second-order valence-corrected chi connectivity index (χ2v) is 5.67. The molecule has 1 aliphatic rings. The molecule has 5 heteroatoms. The maximum atomic E-state index is 12.0. The van der Waals surface area contributed by atoms with E-state index in [1.54, 1.807) is 12.0 Å². The first-order chi connectivity index (χ1) is 8.44. The van der Waals surface area contributed by atoms with Crippen LogP contribution in [0.3, 0.4) is 0 Å². The molecule has 1 fully saturated rings. The summed E-state index contributed by atoms with van der Waals surface area (Å²) in [5, 5.41) is 9.78. The lowest BCUT2D eigenvalue weighted by atomic mass is 9.87. The molecule has 1 amide bonds. The predicted octanol–water partition coefficient (Wildman–Crippen LogP) is 0.659. The van der Waals surface area contributed by atoms with Gasteiger partial charge in [0.05, 0.1) is 19.3 Å². The normalized spacial score (nSPS) is 23.8. The Morgan fingerprint density at radius 3 is 2.83 bits per heavy atom. The van der Waals surface area contributed by atoms with Gasteiger partial charge >= 0.3 is 0 Å². The third kappa shape index (κ3) is 5.33. The van der Waals surface area contributed by atoms with Crippen LogP contribution in [0.4, 0.5) is 0 Å². The van der Waals surface area contributed by atoms with Crippen LogP contribution < -0.4 is 0 Å². The molecule has 0 radical (unpaired) electrons. The lowest BCUT2D eigenvalue weighted by Gasteiger charge is -2.29. The van der Waals surface area contributed by atoms with Gasteiger partial charge < -0.3 is 19.5 Å². The van der Waals surface area contributed by atoms with E-state index in [0.29, 0.717) is 32.7 Å². The summed E-state index contributed by atoms with van der Waals surface area (Å²) < 4.78 is 10.1. The lowest BCUT2D eigenvalue weighted by molar-refractivity contribution is -0.137. The van der Waals surface area contributed by atoms with Gasteiger partial charge in [-0.2, -0.15) is 0 Å². The highest BCUT2D eigenvalue weighted by molar-refractivity contribution is 5.77. The molecule has 0 saturated carbocycles. The number of carbonyl (C=O) groups is 1. The number of aliphatic hydroxyl groups excluding tert-OH is 1. The smallest absolute Gasteiger partial charge is 0.248 e. The van der Waals surface area contributed by atoms with Crippen LogP contribution in [0.15, 0.2) is 0 Å². The minimum Gasteiger partial charge on any atom is -0.393 e. The van der Waals surface area contributed by atoms with Crippen LogP contribution in [-0.4, -0.2) is 62.0 Å². The molecule has 18 heavy (non-hydrogen) atoms.